The highest BCUT2D eigenvalue weighted by atomic mass is 32.2. The second-order valence-corrected chi connectivity index (χ2v) is 4.05. The van der Waals surface area contributed by atoms with Gasteiger partial charge in [0.15, 0.2) is 0 Å². The SMILES string of the molecule is COc1c(CC(C)O)cccc1SC. The number of aliphatic hydroxyl groups excluding tert-OH is 1. The van der Waals surface area contributed by atoms with Gasteiger partial charge in [-0.3, -0.25) is 0 Å². The molecular formula is C11H16O2S. The Morgan fingerprint density at radius 3 is 2.71 bits per heavy atom. The average molecular weight is 212 g/mol. The van der Waals surface area contributed by atoms with E-state index in [9.17, 15) is 5.11 Å². The first-order valence-corrected chi connectivity index (χ1v) is 5.79. The number of hydrogen-bond donors (Lipinski definition) is 1. The summed E-state index contributed by atoms with van der Waals surface area (Å²) in [7, 11) is 1.67. The van der Waals surface area contributed by atoms with Crippen molar-refractivity contribution in [3.05, 3.63) is 23.8 Å². The molecule has 0 amide bonds. The van der Waals surface area contributed by atoms with E-state index >= 15 is 0 Å². The fraction of sp³-hybridized carbons (Fsp3) is 0.455. The third kappa shape index (κ3) is 2.66. The molecule has 3 heteroatoms. The van der Waals surface area contributed by atoms with Gasteiger partial charge in [0.25, 0.3) is 0 Å². The maximum Gasteiger partial charge on any atom is 0.135 e. The molecule has 2 nitrogen and oxygen atoms in total. The molecule has 0 heterocycles. The molecule has 0 aromatic heterocycles. The maximum atomic E-state index is 9.33. The molecular weight excluding hydrogens is 196 g/mol. The predicted molar refractivity (Wildman–Crippen MR) is 60.2 cm³/mol. The molecule has 1 unspecified atom stereocenters. The number of aliphatic hydroxyl groups is 1. The Morgan fingerprint density at radius 2 is 2.21 bits per heavy atom. The van der Waals surface area contributed by atoms with Crippen LogP contribution in [0.3, 0.4) is 0 Å². The summed E-state index contributed by atoms with van der Waals surface area (Å²) in [6.45, 7) is 1.78. The number of para-hydroxylation sites is 1. The first-order chi connectivity index (χ1) is 6.69. The molecule has 0 spiro atoms. The molecule has 0 saturated carbocycles. The molecule has 0 radical (unpaired) electrons. The van der Waals surface area contributed by atoms with Crippen LogP contribution in [0.5, 0.6) is 5.75 Å². The largest absolute Gasteiger partial charge is 0.495 e. The molecule has 14 heavy (non-hydrogen) atoms. The van der Waals surface area contributed by atoms with Crippen molar-refractivity contribution in [2.24, 2.45) is 0 Å². The lowest BCUT2D eigenvalue weighted by Gasteiger charge is -2.13. The number of methoxy groups -OCH3 is 1. The van der Waals surface area contributed by atoms with E-state index < -0.39 is 0 Å². The van der Waals surface area contributed by atoms with Crippen LogP contribution in [-0.2, 0) is 6.42 Å². The standard InChI is InChI=1S/C11H16O2S/c1-8(12)7-9-5-4-6-10(14-3)11(9)13-2/h4-6,8,12H,7H2,1-3H3. The summed E-state index contributed by atoms with van der Waals surface area (Å²) in [4.78, 5) is 1.12. The second-order valence-electron chi connectivity index (χ2n) is 3.21. The first kappa shape index (κ1) is 11.4. The minimum Gasteiger partial charge on any atom is -0.495 e. The molecule has 0 aliphatic heterocycles. The smallest absolute Gasteiger partial charge is 0.135 e. The van der Waals surface area contributed by atoms with Crippen LogP contribution in [0.15, 0.2) is 23.1 Å². The van der Waals surface area contributed by atoms with Crippen LogP contribution in [0.4, 0.5) is 0 Å². The Labute approximate surface area is 89.3 Å². The molecule has 1 rings (SSSR count). The Hall–Kier alpha value is -0.670. The summed E-state index contributed by atoms with van der Waals surface area (Å²) < 4.78 is 5.34. The second kappa shape index (κ2) is 5.27. The average Bonchev–Trinajstić information content (AvgIpc) is 2.16. The van der Waals surface area contributed by atoms with Crippen molar-refractivity contribution >= 4 is 11.8 Å². The molecule has 78 valence electrons. The topological polar surface area (TPSA) is 29.5 Å². The van der Waals surface area contributed by atoms with Gasteiger partial charge >= 0.3 is 0 Å². The molecule has 0 aliphatic rings. The fourth-order valence-corrected chi connectivity index (χ4v) is 2.05. The van der Waals surface area contributed by atoms with E-state index in [0.717, 1.165) is 16.2 Å². The van der Waals surface area contributed by atoms with Gasteiger partial charge in [0, 0.05) is 11.3 Å². The van der Waals surface area contributed by atoms with E-state index in [1.54, 1.807) is 25.8 Å². The number of rotatable bonds is 4. The lowest BCUT2D eigenvalue weighted by Crippen LogP contribution is -2.06. The van der Waals surface area contributed by atoms with Crippen molar-refractivity contribution in [1.29, 1.82) is 0 Å². The van der Waals surface area contributed by atoms with Crippen LogP contribution in [0, 0.1) is 0 Å². The molecule has 1 aromatic carbocycles. The minimum absolute atomic E-state index is 0.332. The van der Waals surface area contributed by atoms with Crippen molar-refractivity contribution in [3.63, 3.8) is 0 Å². The normalized spacial score (nSPS) is 12.6. The molecule has 1 aromatic rings. The molecule has 1 atom stereocenters. The zero-order valence-electron chi connectivity index (χ0n) is 8.78. The minimum atomic E-state index is -0.332. The van der Waals surface area contributed by atoms with Crippen molar-refractivity contribution in [2.45, 2.75) is 24.3 Å². The molecule has 0 fully saturated rings. The van der Waals surface area contributed by atoms with Gasteiger partial charge in [0.1, 0.15) is 5.75 Å². The highest BCUT2D eigenvalue weighted by Gasteiger charge is 2.09. The van der Waals surface area contributed by atoms with Gasteiger partial charge in [0.2, 0.25) is 0 Å². The van der Waals surface area contributed by atoms with E-state index in [0.29, 0.717) is 6.42 Å². The summed E-state index contributed by atoms with van der Waals surface area (Å²) in [5, 5.41) is 9.33. The Morgan fingerprint density at radius 1 is 1.50 bits per heavy atom. The molecule has 0 aliphatic carbocycles. The number of thioether (sulfide) groups is 1. The summed E-state index contributed by atoms with van der Waals surface area (Å²) in [6.07, 6.45) is 2.32. The molecule has 1 N–H and O–H groups in total. The van der Waals surface area contributed by atoms with Gasteiger partial charge in [0.05, 0.1) is 13.2 Å². The summed E-state index contributed by atoms with van der Waals surface area (Å²) in [5.41, 5.74) is 1.06. The van der Waals surface area contributed by atoms with Crippen molar-refractivity contribution < 1.29 is 9.84 Å². The third-order valence-electron chi connectivity index (χ3n) is 2.00. The van der Waals surface area contributed by atoms with Crippen LogP contribution in [0.25, 0.3) is 0 Å². The predicted octanol–water partition coefficient (Wildman–Crippen LogP) is 2.34. The van der Waals surface area contributed by atoms with Gasteiger partial charge in [-0.05, 0) is 24.8 Å². The highest BCUT2D eigenvalue weighted by molar-refractivity contribution is 7.98. The van der Waals surface area contributed by atoms with Gasteiger partial charge < -0.3 is 9.84 Å². The zero-order valence-corrected chi connectivity index (χ0v) is 9.60. The molecule has 0 saturated heterocycles. The Kier molecular flexibility index (Phi) is 4.29. The van der Waals surface area contributed by atoms with E-state index in [1.807, 2.05) is 24.5 Å². The monoisotopic (exact) mass is 212 g/mol. The quantitative estimate of drug-likeness (QED) is 0.777. The van der Waals surface area contributed by atoms with Crippen LogP contribution in [0.1, 0.15) is 12.5 Å². The number of benzene rings is 1. The van der Waals surface area contributed by atoms with Crippen LogP contribution in [0.2, 0.25) is 0 Å². The van der Waals surface area contributed by atoms with Crippen LogP contribution in [-0.4, -0.2) is 24.6 Å². The third-order valence-corrected chi connectivity index (χ3v) is 2.76. The lowest BCUT2D eigenvalue weighted by atomic mass is 10.1. The van der Waals surface area contributed by atoms with Gasteiger partial charge in [-0.1, -0.05) is 12.1 Å². The fourth-order valence-electron chi connectivity index (χ4n) is 1.43. The number of hydrogen-bond acceptors (Lipinski definition) is 3. The van der Waals surface area contributed by atoms with Gasteiger partial charge in [-0.15, -0.1) is 11.8 Å². The number of ether oxygens (including phenoxy) is 1. The van der Waals surface area contributed by atoms with Crippen molar-refractivity contribution in [1.82, 2.24) is 0 Å². The zero-order chi connectivity index (χ0) is 10.6. The first-order valence-electron chi connectivity index (χ1n) is 4.57. The summed E-state index contributed by atoms with van der Waals surface area (Å²) in [5.74, 6) is 0.890. The summed E-state index contributed by atoms with van der Waals surface area (Å²) >= 11 is 1.65. The van der Waals surface area contributed by atoms with E-state index in [-0.39, 0.29) is 6.10 Å². The Balaban J connectivity index is 3.02. The lowest BCUT2D eigenvalue weighted by molar-refractivity contribution is 0.194. The summed E-state index contributed by atoms with van der Waals surface area (Å²) in [6, 6.07) is 6.01. The van der Waals surface area contributed by atoms with E-state index in [4.69, 9.17) is 4.74 Å². The van der Waals surface area contributed by atoms with Crippen molar-refractivity contribution in [2.75, 3.05) is 13.4 Å². The maximum absolute atomic E-state index is 9.33. The van der Waals surface area contributed by atoms with E-state index in [2.05, 4.69) is 0 Å². The van der Waals surface area contributed by atoms with Crippen LogP contribution < -0.4 is 4.74 Å². The highest BCUT2D eigenvalue weighted by Crippen LogP contribution is 2.31. The Bertz CT molecular complexity index is 297. The van der Waals surface area contributed by atoms with Crippen molar-refractivity contribution in [3.8, 4) is 5.75 Å². The van der Waals surface area contributed by atoms with Gasteiger partial charge in [-0.2, -0.15) is 0 Å². The molecule has 0 bridgehead atoms. The van der Waals surface area contributed by atoms with Crippen LogP contribution >= 0.6 is 11.8 Å². The van der Waals surface area contributed by atoms with Gasteiger partial charge in [-0.25, -0.2) is 0 Å². The van der Waals surface area contributed by atoms with E-state index in [1.165, 1.54) is 0 Å².